The number of anilines is 1. The third-order valence-electron chi connectivity index (χ3n) is 5.61. The zero-order chi connectivity index (χ0) is 35.0. The summed E-state index contributed by atoms with van der Waals surface area (Å²) in [6.07, 6.45) is -6.01. The number of halogens is 6. The topological polar surface area (TPSA) is 212 Å². The van der Waals surface area contributed by atoms with Gasteiger partial charge in [-0.25, -0.2) is 24.2 Å². The van der Waals surface area contributed by atoms with Crippen molar-refractivity contribution < 1.29 is 60.6 Å². The van der Waals surface area contributed by atoms with Crippen LogP contribution in [0.4, 0.5) is 32.2 Å². The fraction of sp³-hybridized carbons (Fsp3) is 0.538. The third kappa shape index (κ3) is 11.4. The molecule has 20 heteroatoms. The Labute approximate surface area is 256 Å². The van der Waals surface area contributed by atoms with Crippen molar-refractivity contribution >= 4 is 28.8 Å². The molecule has 3 aromatic heterocycles. The first-order valence-corrected chi connectivity index (χ1v) is 13.3. The van der Waals surface area contributed by atoms with E-state index in [1.807, 2.05) is 11.5 Å². The third-order valence-corrected chi connectivity index (χ3v) is 5.61. The zero-order valence-corrected chi connectivity index (χ0v) is 24.8. The van der Waals surface area contributed by atoms with Gasteiger partial charge in [-0.05, 0) is 49.8 Å². The lowest BCUT2D eigenvalue weighted by molar-refractivity contribution is -0.193. The summed E-state index contributed by atoms with van der Waals surface area (Å²) in [6.45, 7) is 9.37. The fourth-order valence-corrected chi connectivity index (χ4v) is 3.31. The first-order valence-electron chi connectivity index (χ1n) is 13.3. The predicted octanol–water partition coefficient (Wildman–Crippen LogP) is 3.24. The van der Waals surface area contributed by atoms with Crippen LogP contribution in [0.25, 0.3) is 22.6 Å². The van der Waals surface area contributed by atoms with Gasteiger partial charge in [0.15, 0.2) is 23.1 Å². The highest BCUT2D eigenvalue weighted by Crippen LogP contribution is 2.33. The number of alkyl halides is 6. The Balaban J connectivity index is 0.000000440. The van der Waals surface area contributed by atoms with E-state index in [0.29, 0.717) is 53.6 Å². The average molecular weight is 668 g/mol. The lowest BCUT2D eigenvalue weighted by Gasteiger charge is -2.15. The zero-order valence-electron chi connectivity index (χ0n) is 24.8. The number of hydrogen-bond acceptors (Lipinski definition) is 11. The van der Waals surface area contributed by atoms with Crippen molar-refractivity contribution in [2.24, 2.45) is 5.92 Å². The lowest BCUT2D eigenvalue weighted by Crippen LogP contribution is -2.26. The van der Waals surface area contributed by atoms with Gasteiger partial charge in [0.25, 0.3) is 0 Å². The van der Waals surface area contributed by atoms with Gasteiger partial charge in [0.2, 0.25) is 0 Å². The number of ether oxygens (including phenoxy) is 1. The van der Waals surface area contributed by atoms with Gasteiger partial charge >= 0.3 is 24.3 Å². The molecule has 14 nitrogen and oxygen atoms in total. The normalized spacial score (nSPS) is 13.8. The van der Waals surface area contributed by atoms with Crippen molar-refractivity contribution in [2.45, 2.75) is 71.1 Å². The van der Waals surface area contributed by atoms with Crippen LogP contribution in [0.1, 0.15) is 46.2 Å². The SMILES string of the molecule is CCn1c(-c2nonc2N)nc2c(C#CC(C)(C)O)ncc(OC[C@@H](C)CNC3CC3)c21.O=C(O)C(F)(F)F.O=C(O)C(F)(F)F. The van der Waals surface area contributed by atoms with E-state index < -0.39 is 29.9 Å². The molecule has 6 N–H and O–H groups in total. The summed E-state index contributed by atoms with van der Waals surface area (Å²) >= 11 is 0. The molecule has 46 heavy (non-hydrogen) atoms. The molecule has 0 spiro atoms. The number of aromatic nitrogens is 5. The molecule has 1 aliphatic rings. The summed E-state index contributed by atoms with van der Waals surface area (Å²) in [6, 6.07) is 0.657. The van der Waals surface area contributed by atoms with Crippen molar-refractivity contribution in [3.63, 3.8) is 0 Å². The molecule has 0 aliphatic heterocycles. The maximum Gasteiger partial charge on any atom is 0.490 e. The largest absolute Gasteiger partial charge is 0.490 e. The van der Waals surface area contributed by atoms with Gasteiger partial charge in [0, 0.05) is 25.0 Å². The van der Waals surface area contributed by atoms with Gasteiger partial charge in [-0.2, -0.15) is 26.3 Å². The minimum absolute atomic E-state index is 0.148. The van der Waals surface area contributed by atoms with Crippen LogP contribution in [0, 0.1) is 17.8 Å². The Hall–Kier alpha value is -4.64. The van der Waals surface area contributed by atoms with Crippen molar-refractivity contribution in [1.82, 2.24) is 30.2 Å². The van der Waals surface area contributed by atoms with E-state index in [1.165, 1.54) is 12.8 Å². The van der Waals surface area contributed by atoms with E-state index in [1.54, 1.807) is 20.0 Å². The molecular weight excluding hydrogens is 636 g/mol. The van der Waals surface area contributed by atoms with E-state index in [4.69, 9.17) is 39.9 Å². The number of nitrogens with two attached hydrogens (primary N) is 1. The second kappa shape index (κ2) is 15.1. The summed E-state index contributed by atoms with van der Waals surface area (Å²) in [4.78, 5) is 27.0. The first kappa shape index (κ1) is 37.5. The second-order valence-electron chi connectivity index (χ2n) is 10.4. The van der Waals surface area contributed by atoms with Gasteiger partial charge in [-0.3, -0.25) is 0 Å². The Bertz CT molecular complexity index is 1540. The summed E-state index contributed by atoms with van der Waals surface area (Å²) in [5.41, 5.74) is 6.83. The molecule has 1 fully saturated rings. The minimum Gasteiger partial charge on any atom is -0.489 e. The molecule has 0 saturated heterocycles. The van der Waals surface area contributed by atoms with E-state index in [9.17, 15) is 31.4 Å². The maximum atomic E-state index is 10.6. The van der Waals surface area contributed by atoms with E-state index in [-0.39, 0.29) is 5.82 Å². The highest BCUT2D eigenvalue weighted by molar-refractivity contribution is 5.89. The maximum absolute atomic E-state index is 10.6. The van der Waals surface area contributed by atoms with Gasteiger partial charge in [0.1, 0.15) is 22.3 Å². The molecule has 0 amide bonds. The molecule has 0 radical (unpaired) electrons. The van der Waals surface area contributed by atoms with Crippen molar-refractivity contribution in [1.29, 1.82) is 0 Å². The van der Waals surface area contributed by atoms with Crippen molar-refractivity contribution in [3.05, 3.63) is 11.9 Å². The highest BCUT2D eigenvalue weighted by Gasteiger charge is 2.39. The van der Waals surface area contributed by atoms with Crippen LogP contribution in [-0.2, 0) is 16.1 Å². The Morgan fingerprint density at radius 2 is 1.72 bits per heavy atom. The predicted molar refractivity (Wildman–Crippen MR) is 147 cm³/mol. The summed E-state index contributed by atoms with van der Waals surface area (Å²) in [5, 5.41) is 35.4. The quantitative estimate of drug-likeness (QED) is 0.173. The number of aliphatic carboxylic acids is 2. The van der Waals surface area contributed by atoms with Crippen LogP contribution < -0.4 is 15.8 Å². The minimum atomic E-state index is -5.08. The highest BCUT2D eigenvalue weighted by atomic mass is 19.4. The smallest absolute Gasteiger partial charge is 0.489 e. The number of nitrogens with zero attached hydrogens (tertiary/aromatic N) is 5. The van der Waals surface area contributed by atoms with Crippen LogP contribution in [0.3, 0.4) is 0 Å². The average Bonchev–Trinajstić information content (AvgIpc) is 3.55. The molecule has 0 aromatic carbocycles. The Kier molecular flexibility index (Phi) is 12.3. The Morgan fingerprint density at radius 1 is 1.15 bits per heavy atom. The number of imidazole rings is 1. The van der Waals surface area contributed by atoms with E-state index in [2.05, 4.69) is 39.4 Å². The number of carbonyl (C=O) groups is 2. The van der Waals surface area contributed by atoms with Gasteiger partial charge in [0.05, 0.1) is 12.8 Å². The number of aryl methyl sites for hydroxylation is 1. The second-order valence-corrected chi connectivity index (χ2v) is 10.4. The molecule has 0 bridgehead atoms. The van der Waals surface area contributed by atoms with Crippen LogP contribution >= 0.6 is 0 Å². The van der Waals surface area contributed by atoms with Crippen molar-refractivity contribution in [3.8, 4) is 29.1 Å². The number of carboxylic acid groups (broad SMARTS) is 2. The number of nitrogens with one attached hydrogen (secondary N) is 1. The molecule has 1 aliphatic carbocycles. The van der Waals surface area contributed by atoms with E-state index >= 15 is 0 Å². The fourth-order valence-electron chi connectivity index (χ4n) is 3.31. The van der Waals surface area contributed by atoms with Gasteiger partial charge in [-0.1, -0.05) is 12.8 Å². The standard InChI is InChI=1S/C22H29N7O3.2C2HF3O2/c1-5-29-19-16(31-12-13(2)10-24-14-6-7-14)11-25-15(8-9-22(3,4)30)17(19)26-21(29)18-20(23)28-32-27-18;2*3-2(4,5)1(6)7/h11,13-14,24,30H,5-7,10,12H2,1-4H3,(H2,23,28);2*(H,6,7)/t13-;;/m0../s1. The van der Waals surface area contributed by atoms with Gasteiger partial charge in [-0.15, -0.1) is 0 Å². The first-order chi connectivity index (χ1) is 21.2. The molecule has 0 unspecified atom stereocenters. The number of carboxylic acids is 2. The monoisotopic (exact) mass is 667 g/mol. The molecule has 3 heterocycles. The molecule has 1 saturated carbocycles. The number of pyridine rings is 1. The number of rotatable bonds is 8. The lowest BCUT2D eigenvalue weighted by atomic mass is 10.1. The molecule has 1 atom stereocenters. The Morgan fingerprint density at radius 3 is 2.15 bits per heavy atom. The van der Waals surface area contributed by atoms with Gasteiger partial charge < -0.3 is 35.7 Å². The van der Waals surface area contributed by atoms with Crippen molar-refractivity contribution in [2.75, 3.05) is 18.9 Å². The summed E-state index contributed by atoms with van der Waals surface area (Å²) < 4.78 is 76.4. The molecule has 4 rings (SSSR count). The number of fused-ring (bicyclic) bond motifs is 1. The number of nitrogen functional groups attached to an aromatic ring is 1. The number of hydrogen-bond donors (Lipinski definition) is 5. The molecular formula is C26H31F6N7O7. The summed E-state index contributed by atoms with van der Waals surface area (Å²) in [5.74, 6) is 1.80. The molecule has 254 valence electrons. The number of aliphatic hydroxyl groups is 1. The van der Waals surface area contributed by atoms with Crippen LogP contribution in [0.15, 0.2) is 10.8 Å². The van der Waals surface area contributed by atoms with E-state index in [0.717, 1.165) is 12.1 Å². The molecule has 3 aromatic rings. The van der Waals surface area contributed by atoms with Crippen LogP contribution in [0.5, 0.6) is 5.75 Å². The summed E-state index contributed by atoms with van der Waals surface area (Å²) in [7, 11) is 0. The van der Waals surface area contributed by atoms with Crippen LogP contribution in [-0.4, -0.2) is 89.3 Å². The van der Waals surface area contributed by atoms with Crippen LogP contribution in [0.2, 0.25) is 0 Å².